The molecule has 0 fully saturated rings. The van der Waals surface area contributed by atoms with E-state index in [9.17, 15) is 4.39 Å². The lowest BCUT2D eigenvalue weighted by Gasteiger charge is -2.02. The van der Waals surface area contributed by atoms with Gasteiger partial charge in [0, 0.05) is 4.47 Å². The highest BCUT2D eigenvalue weighted by atomic mass is 79.9. The second-order valence-corrected chi connectivity index (χ2v) is 3.93. The van der Waals surface area contributed by atoms with Crippen molar-refractivity contribution >= 4 is 27.5 Å². The molecule has 0 atom stereocenters. The second kappa shape index (κ2) is 3.75. The fraction of sp³-hybridized carbons (Fsp3) is 0. The molecule has 1 aromatic heterocycles. The molecule has 0 unspecified atom stereocenters. The van der Waals surface area contributed by atoms with Crippen molar-refractivity contribution < 1.29 is 8.81 Å². The van der Waals surface area contributed by atoms with Crippen molar-refractivity contribution in [2.75, 3.05) is 0 Å². The highest BCUT2D eigenvalue weighted by Crippen LogP contribution is 2.32. The van der Waals surface area contributed by atoms with E-state index in [0.29, 0.717) is 15.8 Å². The standard InChI is InChI=1S/C10H5BrClFO/c11-7-4-3-6(10(13)9(7)12)8-2-1-5-14-8/h1-5H. The highest BCUT2D eigenvalue weighted by molar-refractivity contribution is 9.10. The maximum absolute atomic E-state index is 13.6. The monoisotopic (exact) mass is 274 g/mol. The predicted molar refractivity (Wildman–Crippen MR) is 56.8 cm³/mol. The van der Waals surface area contributed by atoms with E-state index in [1.807, 2.05) is 0 Å². The molecule has 4 heteroatoms. The quantitative estimate of drug-likeness (QED) is 0.698. The van der Waals surface area contributed by atoms with Gasteiger partial charge in [-0.2, -0.15) is 0 Å². The molecule has 0 saturated carbocycles. The minimum atomic E-state index is -0.476. The van der Waals surface area contributed by atoms with Gasteiger partial charge in [-0.3, -0.25) is 0 Å². The summed E-state index contributed by atoms with van der Waals surface area (Å²) in [5.74, 6) is -0.00658. The summed E-state index contributed by atoms with van der Waals surface area (Å²) in [7, 11) is 0. The molecular formula is C10H5BrClFO. The van der Waals surface area contributed by atoms with Crippen LogP contribution in [0.4, 0.5) is 4.39 Å². The molecule has 0 saturated heterocycles. The molecule has 2 rings (SSSR count). The summed E-state index contributed by atoms with van der Waals surface area (Å²) >= 11 is 8.88. The molecule has 0 amide bonds. The Bertz CT molecular complexity index is 453. The first-order valence-corrected chi connectivity index (χ1v) is 5.04. The number of halogens is 3. The van der Waals surface area contributed by atoms with Gasteiger partial charge in [0.1, 0.15) is 5.76 Å². The van der Waals surface area contributed by atoms with Gasteiger partial charge in [-0.15, -0.1) is 0 Å². The summed E-state index contributed by atoms with van der Waals surface area (Å²) in [6, 6.07) is 6.68. The summed E-state index contributed by atoms with van der Waals surface area (Å²) in [6.45, 7) is 0. The van der Waals surface area contributed by atoms with E-state index in [4.69, 9.17) is 16.0 Å². The first-order valence-electron chi connectivity index (χ1n) is 3.87. The van der Waals surface area contributed by atoms with Gasteiger partial charge in [-0.1, -0.05) is 11.6 Å². The third-order valence-electron chi connectivity index (χ3n) is 1.82. The Hall–Kier alpha value is -0.800. The van der Waals surface area contributed by atoms with Crippen LogP contribution in [0.15, 0.2) is 39.4 Å². The number of hydrogen-bond acceptors (Lipinski definition) is 1. The largest absolute Gasteiger partial charge is 0.464 e. The zero-order chi connectivity index (χ0) is 10.1. The van der Waals surface area contributed by atoms with Gasteiger partial charge in [-0.05, 0) is 40.2 Å². The van der Waals surface area contributed by atoms with Crippen molar-refractivity contribution in [2.24, 2.45) is 0 Å². The average molecular weight is 276 g/mol. The molecule has 0 spiro atoms. The Morgan fingerprint density at radius 1 is 1.29 bits per heavy atom. The Morgan fingerprint density at radius 2 is 2.07 bits per heavy atom. The zero-order valence-electron chi connectivity index (χ0n) is 6.93. The Morgan fingerprint density at radius 3 is 2.71 bits per heavy atom. The van der Waals surface area contributed by atoms with Crippen LogP contribution in [-0.2, 0) is 0 Å². The van der Waals surface area contributed by atoms with Gasteiger partial charge in [0.15, 0.2) is 5.82 Å². The van der Waals surface area contributed by atoms with Crippen LogP contribution in [0.5, 0.6) is 0 Å². The molecule has 0 aliphatic carbocycles. The summed E-state index contributed by atoms with van der Waals surface area (Å²) in [5, 5.41) is 0.0684. The number of furan rings is 1. The average Bonchev–Trinajstić information content (AvgIpc) is 2.67. The molecule has 1 nitrogen and oxygen atoms in total. The maximum atomic E-state index is 13.6. The molecule has 0 radical (unpaired) electrons. The van der Waals surface area contributed by atoms with E-state index in [1.54, 1.807) is 24.3 Å². The third kappa shape index (κ3) is 1.57. The topological polar surface area (TPSA) is 13.1 Å². The van der Waals surface area contributed by atoms with E-state index in [1.165, 1.54) is 6.26 Å². The van der Waals surface area contributed by atoms with Crippen molar-refractivity contribution in [3.63, 3.8) is 0 Å². The lowest BCUT2D eigenvalue weighted by atomic mass is 10.1. The molecule has 0 aliphatic heterocycles. The van der Waals surface area contributed by atoms with Crippen molar-refractivity contribution in [3.8, 4) is 11.3 Å². The van der Waals surface area contributed by atoms with Crippen molar-refractivity contribution in [2.45, 2.75) is 0 Å². The molecule has 1 aromatic carbocycles. The number of benzene rings is 1. The first kappa shape index (κ1) is 9.74. The van der Waals surface area contributed by atoms with Crippen LogP contribution in [0, 0.1) is 5.82 Å². The van der Waals surface area contributed by atoms with Crippen molar-refractivity contribution in [3.05, 3.63) is 45.8 Å². The van der Waals surface area contributed by atoms with E-state index in [-0.39, 0.29) is 5.02 Å². The minimum absolute atomic E-state index is 0.0684. The summed E-state index contributed by atoms with van der Waals surface area (Å²) in [5.41, 5.74) is 0.364. The second-order valence-electron chi connectivity index (χ2n) is 2.70. The SMILES string of the molecule is Fc1c(-c2ccco2)ccc(Br)c1Cl. The maximum Gasteiger partial charge on any atom is 0.153 e. The van der Waals surface area contributed by atoms with Crippen LogP contribution in [0.1, 0.15) is 0 Å². The van der Waals surface area contributed by atoms with Crippen LogP contribution < -0.4 is 0 Å². The van der Waals surface area contributed by atoms with Crippen LogP contribution >= 0.6 is 27.5 Å². The van der Waals surface area contributed by atoms with Crippen LogP contribution in [-0.4, -0.2) is 0 Å². The molecule has 14 heavy (non-hydrogen) atoms. The van der Waals surface area contributed by atoms with E-state index in [2.05, 4.69) is 15.9 Å². The van der Waals surface area contributed by atoms with Crippen LogP contribution in [0.2, 0.25) is 5.02 Å². The molecular weight excluding hydrogens is 270 g/mol. The summed E-state index contributed by atoms with van der Waals surface area (Å²) in [6.07, 6.45) is 1.49. The van der Waals surface area contributed by atoms with Gasteiger partial charge in [0.25, 0.3) is 0 Å². The van der Waals surface area contributed by atoms with Crippen LogP contribution in [0.25, 0.3) is 11.3 Å². The summed E-state index contributed by atoms with van der Waals surface area (Å²) in [4.78, 5) is 0. The molecule has 2 aromatic rings. The van der Waals surface area contributed by atoms with E-state index in [0.717, 1.165) is 0 Å². The number of rotatable bonds is 1. The van der Waals surface area contributed by atoms with Gasteiger partial charge in [0.05, 0.1) is 16.8 Å². The van der Waals surface area contributed by atoms with Crippen molar-refractivity contribution in [1.29, 1.82) is 0 Å². The van der Waals surface area contributed by atoms with E-state index >= 15 is 0 Å². The van der Waals surface area contributed by atoms with Gasteiger partial charge < -0.3 is 4.42 Å². The van der Waals surface area contributed by atoms with Gasteiger partial charge in [0.2, 0.25) is 0 Å². The predicted octanol–water partition coefficient (Wildman–Crippen LogP) is 4.50. The Labute approximate surface area is 93.6 Å². The minimum Gasteiger partial charge on any atom is -0.464 e. The highest BCUT2D eigenvalue weighted by Gasteiger charge is 2.13. The smallest absolute Gasteiger partial charge is 0.153 e. The fourth-order valence-electron chi connectivity index (χ4n) is 1.15. The van der Waals surface area contributed by atoms with Crippen LogP contribution in [0.3, 0.4) is 0 Å². The summed E-state index contributed by atoms with van der Waals surface area (Å²) < 4.78 is 19.2. The van der Waals surface area contributed by atoms with Crippen molar-refractivity contribution in [1.82, 2.24) is 0 Å². The lowest BCUT2D eigenvalue weighted by Crippen LogP contribution is -1.84. The van der Waals surface area contributed by atoms with Gasteiger partial charge in [-0.25, -0.2) is 4.39 Å². The number of hydrogen-bond donors (Lipinski definition) is 0. The Balaban J connectivity index is 2.61. The molecule has 0 N–H and O–H groups in total. The third-order valence-corrected chi connectivity index (χ3v) is 3.08. The molecule has 72 valence electrons. The Kier molecular flexibility index (Phi) is 2.61. The molecule has 0 bridgehead atoms. The molecule has 1 heterocycles. The zero-order valence-corrected chi connectivity index (χ0v) is 9.27. The molecule has 0 aliphatic rings. The van der Waals surface area contributed by atoms with Gasteiger partial charge >= 0.3 is 0 Å². The first-order chi connectivity index (χ1) is 6.70. The van der Waals surface area contributed by atoms with E-state index < -0.39 is 5.82 Å². The normalized spacial score (nSPS) is 10.5. The lowest BCUT2D eigenvalue weighted by molar-refractivity contribution is 0.569. The fourth-order valence-corrected chi connectivity index (χ4v) is 1.62.